The number of hydrogen-bond acceptors (Lipinski definition) is 5. The Labute approximate surface area is 144 Å². The Bertz CT molecular complexity index is 595. The molecule has 1 aromatic rings. The van der Waals surface area contributed by atoms with Crippen LogP contribution < -0.4 is 5.32 Å². The SMILES string of the molecule is CC1CCN(C(=O)OC(C)(C)C)CC1Nc1ccnc(C2CC2)n1. The summed E-state index contributed by atoms with van der Waals surface area (Å²) in [5, 5.41) is 3.50. The zero-order valence-corrected chi connectivity index (χ0v) is 15.1. The second kappa shape index (κ2) is 6.57. The Morgan fingerprint density at radius 2 is 2.08 bits per heavy atom. The van der Waals surface area contributed by atoms with E-state index >= 15 is 0 Å². The molecule has 1 aliphatic carbocycles. The molecule has 0 aromatic carbocycles. The third kappa shape index (κ3) is 4.36. The molecule has 0 spiro atoms. The van der Waals surface area contributed by atoms with E-state index in [1.807, 2.05) is 33.0 Å². The Morgan fingerprint density at radius 3 is 2.75 bits per heavy atom. The van der Waals surface area contributed by atoms with Crippen LogP contribution in [0.3, 0.4) is 0 Å². The van der Waals surface area contributed by atoms with Crippen LogP contribution >= 0.6 is 0 Å². The summed E-state index contributed by atoms with van der Waals surface area (Å²) in [6.07, 6.45) is 4.92. The van der Waals surface area contributed by atoms with E-state index in [-0.39, 0.29) is 12.1 Å². The third-order valence-electron chi connectivity index (χ3n) is 4.56. The summed E-state index contributed by atoms with van der Waals surface area (Å²) < 4.78 is 5.50. The normalized spacial score (nSPS) is 24.6. The van der Waals surface area contributed by atoms with Crippen LogP contribution in [0.4, 0.5) is 10.6 Å². The number of nitrogens with zero attached hydrogens (tertiary/aromatic N) is 3. The van der Waals surface area contributed by atoms with Gasteiger partial charge >= 0.3 is 6.09 Å². The molecule has 2 atom stereocenters. The fraction of sp³-hybridized carbons (Fsp3) is 0.722. The summed E-state index contributed by atoms with van der Waals surface area (Å²) >= 11 is 0. The second-order valence-electron chi connectivity index (χ2n) is 8.02. The Balaban J connectivity index is 1.63. The molecule has 1 amide bonds. The smallest absolute Gasteiger partial charge is 0.410 e. The number of amides is 1. The van der Waals surface area contributed by atoms with E-state index in [2.05, 4.69) is 22.2 Å². The van der Waals surface area contributed by atoms with Gasteiger partial charge in [0, 0.05) is 31.2 Å². The van der Waals surface area contributed by atoms with Gasteiger partial charge in [-0.15, -0.1) is 0 Å². The highest BCUT2D eigenvalue weighted by atomic mass is 16.6. The lowest BCUT2D eigenvalue weighted by molar-refractivity contribution is 0.0176. The molecule has 2 aliphatic rings. The van der Waals surface area contributed by atoms with E-state index in [9.17, 15) is 4.79 Å². The maximum atomic E-state index is 12.3. The number of carbonyl (C=O) groups is 1. The number of anilines is 1. The number of carbonyl (C=O) groups excluding carboxylic acids is 1. The van der Waals surface area contributed by atoms with Crippen molar-refractivity contribution in [3.63, 3.8) is 0 Å². The lowest BCUT2D eigenvalue weighted by atomic mass is 9.93. The van der Waals surface area contributed by atoms with Gasteiger partial charge in [0.1, 0.15) is 17.2 Å². The molecule has 132 valence electrons. The molecule has 1 aromatic heterocycles. The first-order chi connectivity index (χ1) is 11.3. The molecule has 0 radical (unpaired) electrons. The molecule has 24 heavy (non-hydrogen) atoms. The van der Waals surface area contributed by atoms with Gasteiger partial charge in [-0.1, -0.05) is 6.92 Å². The van der Waals surface area contributed by atoms with E-state index < -0.39 is 5.60 Å². The van der Waals surface area contributed by atoms with Crippen molar-refractivity contribution in [2.75, 3.05) is 18.4 Å². The Kier molecular flexibility index (Phi) is 4.65. The van der Waals surface area contributed by atoms with Crippen molar-refractivity contribution in [2.24, 2.45) is 5.92 Å². The van der Waals surface area contributed by atoms with Gasteiger partial charge in [-0.3, -0.25) is 0 Å². The van der Waals surface area contributed by atoms with Gasteiger partial charge in [-0.25, -0.2) is 14.8 Å². The van der Waals surface area contributed by atoms with Crippen LogP contribution in [0.25, 0.3) is 0 Å². The maximum Gasteiger partial charge on any atom is 0.410 e. The largest absolute Gasteiger partial charge is 0.444 e. The zero-order valence-electron chi connectivity index (χ0n) is 15.1. The van der Waals surface area contributed by atoms with Crippen molar-refractivity contribution in [2.45, 2.75) is 64.5 Å². The quantitative estimate of drug-likeness (QED) is 0.919. The van der Waals surface area contributed by atoms with E-state index in [4.69, 9.17) is 4.74 Å². The van der Waals surface area contributed by atoms with Crippen LogP contribution in [0, 0.1) is 5.92 Å². The van der Waals surface area contributed by atoms with Gasteiger partial charge in [-0.05, 0) is 52.0 Å². The topological polar surface area (TPSA) is 67.3 Å². The predicted molar refractivity (Wildman–Crippen MR) is 93.0 cm³/mol. The predicted octanol–water partition coefficient (Wildman–Crippen LogP) is 3.41. The molecule has 6 nitrogen and oxygen atoms in total. The van der Waals surface area contributed by atoms with Crippen LogP contribution in [0.5, 0.6) is 0 Å². The number of hydrogen-bond donors (Lipinski definition) is 1. The fourth-order valence-electron chi connectivity index (χ4n) is 2.93. The van der Waals surface area contributed by atoms with Crippen LogP contribution in [0.15, 0.2) is 12.3 Å². The molecule has 2 unspecified atom stereocenters. The summed E-state index contributed by atoms with van der Waals surface area (Å²) in [6.45, 7) is 9.28. The molecule has 2 fully saturated rings. The number of aromatic nitrogens is 2. The number of piperidine rings is 1. The molecule has 1 saturated heterocycles. The second-order valence-corrected chi connectivity index (χ2v) is 8.02. The molecule has 0 bridgehead atoms. The first-order valence-corrected chi connectivity index (χ1v) is 8.89. The maximum absolute atomic E-state index is 12.3. The lowest BCUT2D eigenvalue weighted by Crippen LogP contribution is -2.50. The van der Waals surface area contributed by atoms with Crippen molar-refractivity contribution < 1.29 is 9.53 Å². The average molecular weight is 332 g/mol. The minimum absolute atomic E-state index is 0.174. The van der Waals surface area contributed by atoms with Crippen molar-refractivity contribution in [1.82, 2.24) is 14.9 Å². The summed E-state index contributed by atoms with van der Waals surface area (Å²) in [5.41, 5.74) is -0.463. The summed E-state index contributed by atoms with van der Waals surface area (Å²) in [5.74, 6) is 2.80. The molecule has 1 N–H and O–H groups in total. The average Bonchev–Trinajstić information content (AvgIpc) is 3.33. The first kappa shape index (κ1) is 17.0. The Hall–Kier alpha value is -1.85. The van der Waals surface area contributed by atoms with Crippen LogP contribution in [-0.2, 0) is 4.74 Å². The van der Waals surface area contributed by atoms with Crippen molar-refractivity contribution in [3.8, 4) is 0 Å². The fourth-order valence-corrected chi connectivity index (χ4v) is 2.93. The molecule has 1 saturated carbocycles. The lowest BCUT2D eigenvalue weighted by Gasteiger charge is -2.38. The number of rotatable bonds is 3. The van der Waals surface area contributed by atoms with Gasteiger partial charge in [0.05, 0.1) is 0 Å². The van der Waals surface area contributed by atoms with Gasteiger partial charge in [0.25, 0.3) is 0 Å². The highest BCUT2D eigenvalue weighted by Gasteiger charge is 2.32. The highest BCUT2D eigenvalue weighted by molar-refractivity contribution is 5.68. The zero-order chi connectivity index (χ0) is 17.3. The van der Waals surface area contributed by atoms with E-state index in [1.54, 1.807) is 4.90 Å². The van der Waals surface area contributed by atoms with Crippen LogP contribution in [0.2, 0.25) is 0 Å². The van der Waals surface area contributed by atoms with Gasteiger partial charge in [-0.2, -0.15) is 0 Å². The van der Waals surface area contributed by atoms with Gasteiger partial charge < -0.3 is 15.0 Å². The minimum atomic E-state index is -0.463. The van der Waals surface area contributed by atoms with E-state index in [1.165, 1.54) is 12.8 Å². The van der Waals surface area contributed by atoms with Crippen molar-refractivity contribution >= 4 is 11.9 Å². The number of ether oxygens (including phenoxy) is 1. The summed E-state index contributed by atoms with van der Waals surface area (Å²) in [7, 11) is 0. The minimum Gasteiger partial charge on any atom is -0.444 e. The van der Waals surface area contributed by atoms with Crippen molar-refractivity contribution in [1.29, 1.82) is 0 Å². The molecule has 3 rings (SSSR count). The van der Waals surface area contributed by atoms with Crippen molar-refractivity contribution in [3.05, 3.63) is 18.1 Å². The summed E-state index contributed by atoms with van der Waals surface area (Å²) in [6, 6.07) is 2.08. The number of nitrogens with one attached hydrogen (secondary N) is 1. The van der Waals surface area contributed by atoms with E-state index in [0.29, 0.717) is 18.4 Å². The standard InChI is InChI=1S/C18H28N4O2/c1-12-8-10-22(17(23)24-18(2,3)4)11-14(12)20-15-7-9-19-16(21-15)13-5-6-13/h7,9,12-14H,5-6,8,10-11H2,1-4H3,(H,19,20,21). The monoisotopic (exact) mass is 332 g/mol. The summed E-state index contributed by atoms with van der Waals surface area (Å²) in [4.78, 5) is 23.1. The van der Waals surface area contributed by atoms with Crippen LogP contribution in [0.1, 0.15) is 58.7 Å². The highest BCUT2D eigenvalue weighted by Crippen LogP contribution is 2.38. The third-order valence-corrected chi connectivity index (χ3v) is 4.56. The number of likely N-dealkylation sites (tertiary alicyclic amines) is 1. The Morgan fingerprint density at radius 1 is 1.33 bits per heavy atom. The van der Waals surface area contributed by atoms with E-state index in [0.717, 1.165) is 24.6 Å². The first-order valence-electron chi connectivity index (χ1n) is 8.89. The molecule has 1 aliphatic heterocycles. The van der Waals surface area contributed by atoms with Gasteiger partial charge in [0.15, 0.2) is 0 Å². The van der Waals surface area contributed by atoms with Crippen LogP contribution in [-0.4, -0.2) is 45.7 Å². The molecule has 2 heterocycles. The molecule has 6 heteroatoms. The molecular weight excluding hydrogens is 304 g/mol. The molecular formula is C18H28N4O2. The van der Waals surface area contributed by atoms with Gasteiger partial charge in [0.2, 0.25) is 0 Å².